The Kier molecular flexibility index (Phi) is 4.90. The van der Waals surface area contributed by atoms with Crippen LogP contribution >= 0.6 is 0 Å². The van der Waals surface area contributed by atoms with Crippen molar-refractivity contribution in [1.29, 1.82) is 0 Å². The predicted molar refractivity (Wildman–Crippen MR) is 93.6 cm³/mol. The zero-order valence-electron chi connectivity index (χ0n) is 14.7. The van der Waals surface area contributed by atoms with Gasteiger partial charge in [-0.1, -0.05) is 18.2 Å². The van der Waals surface area contributed by atoms with Crippen LogP contribution in [0.4, 0.5) is 5.69 Å². The largest absolute Gasteiger partial charge is 0.465 e. The zero-order valence-corrected chi connectivity index (χ0v) is 14.7. The van der Waals surface area contributed by atoms with Crippen molar-refractivity contribution in [2.45, 2.75) is 32.9 Å². The summed E-state index contributed by atoms with van der Waals surface area (Å²) in [6, 6.07) is 9.26. The van der Waals surface area contributed by atoms with E-state index in [2.05, 4.69) is 11.4 Å². The smallest absolute Gasteiger partial charge is 0.341 e. The molecule has 0 fully saturated rings. The summed E-state index contributed by atoms with van der Waals surface area (Å²) in [5, 5.41) is 3.17. The SMILES string of the molecule is COC(=O)c1cc(CN[C@H](C)C(=O)N2CCc3ccccc32)oc1C. The highest BCUT2D eigenvalue weighted by molar-refractivity contribution is 5.98. The number of rotatable bonds is 5. The summed E-state index contributed by atoms with van der Waals surface area (Å²) < 4.78 is 10.3. The highest BCUT2D eigenvalue weighted by Crippen LogP contribution is 2.27. The summed E-state index contributed by atoms with van der Waals surface area (Å²) in [6.45, 7) is 4.61. The van der Waals surface area contributed by atoms with Gasteiger partial charge in [0.1, 0.15) is 17.1 Å². The lowest BCUT2D eigenvalue weighted by atomic mass is 10.2. The van der Waals surface area contributed by atoms with Crippen molar-refractivity contribution < 1.29 is 18.7 Å². The zero-order chi connectivity index (χ0) is 18.0. The van der Waals surface area contributed by atoms with Crippen molar-refractivity contribution >= 4 is 17.6 Å². The van der Waals surface area contributed by atoms with E-state index in [0.29, 0.717) is 30.2 Å². The van der Waals surface area contributed by atoms with Crippen LogP contribution in [0, 0.1) is 6.92 Å². The number of carbonyl (C=O) groups excluding carboxylic acids is 2. The van der Waals surface area contributed by atoms with Crippen LogP contribution in [-0.2, 0) is 22.5 Å². The second kappa shape index (κ2) is 7.11. The number of carbonyl (C=O) groups is 2. The Morgan fingerprint density at radius 1 is 1.36 bits per heavy atom. The van der Waals surface area contributed by atoms with Crippen LogP contribution in [0.15, 0.2) is 34.7 Å². The van der Waals surface area contributed by atoms with Crippen LogP contribution in [-0.4, -0.2) is 31.6 Å². The first-order valence-electron chi connectivity index (χ1n) is 8.31. The number of nitrogens with one attached hydrogen (secondary N) is 1. The standard InChI is InChI=1S/C19H22N2O4/c1-12(18(22)21-9-8-14-6-4-5-7-17(14)21)20-11-15-10-16(13(2)25-15)19(23)24-3/h4-7,10,12,20H,8-9,11H2,1-3H3/t12-/m1/s1. The van der Waals surface area contributed by atoms with Crippen molar-refractivity contribution in [2.24, 2.45) is 0 Å². The highest BCUT2D eigenvalue weighted by Gasteiger charge is 2.27. The van der Waals surface area contributed by atoms with Gasteiger partial charge in [0.15, 0.2) is 0 Å². The molecule has 1 aromatic carbocycles. The summed E-state index contributed by atoms with van der Waals surface area (Å²) in [4.78, 5) is 26.2. The number of aryl methyl sites for hydroxylation is 1. The molecule has 3 rings (SSSR count). The number of fused-ring (bicyclic) bond motifs is 1. The Bertz CT molecular complexity index is 796. The Hall–Kier alpha value is -2.60. The minimum atomic E-state index is -0.426. The van der Waals surface area contributed by atoms with Crippen LogP contribution in [0.25, 0.3) is 0 Å². The summed E-state index contributed by atoms with van der Waals surface area (Å²) in [5.41, 5.74) is 2.60. The Balaban J connectivity index is 1.62. The molecule has 1 N–H and O–H groups in total. The van der Waals surface area contributed by atoms with Gasteiger partial charge in [-0.15, -0.1) is 0 Å². The molecule has 0 saturated heterocycles. The van der Waals surface area contributed by atoms with Gasteiger partial charge < -0.3 is 14.1 Å². The monoisotopic (exact) mass is 342 g/mol. The van der Waals surface area contributed by atoms with E-state index >= 15 is 0 Å². The first-order valence-corrected chi connectivity index (χ1v) is 8.31. The summed E-state index contributed by atoms with van der Waals surface area (Å²) >= 11 is 0. The number of amides is 1. The lowest BCUT2D eigenvalue weighted by molar-refractivity contribution is -0.120. The molecule has 6 nitrogen and oxygen atoms in total. The molecule has 0 radical (unpaired) electrons. The van der Waals surface area contributed by atoms with E-state index in [-0.39, 0.29) is 11.9 Å². The Morgan fingerprint density at radius 2 is 2.12 bits per heavy atom. The normalized spacial score (nSPS) is 14.3. The average Bonchev–Trinajstić information content (AvgIpc) is 3.21. The molecule has 6 heteroatoms. The molecule has 1 aliphatic heterocycles. The molecule has 0 unspecified atom stereocenters. The number of ether oxygens (including phenoxy) is 1. The maximum atomic E-state index is 12.7. The third-order valence-electron chi connectivity index (χ3n) is 4.48. The lowest BCUT2D eigenvalue weighted by Crippen LogP contribution is -2.44. The van der Waals surface area contributed by atoms with Crippen LogP contribution in [0.5, 0.6) is 0 Å². The van der Waals surface area contributed by atoms with Gasteiger partial charge in [0.2, 0.25) is 5.91 Å². The Morgan fingerprint density at radius 3 is 2.88 bits per heavy atom. The fraction of sp³-hybridized carbons (Fsp3) is 0.368. The quantitative estimate of drug-likeness (QED) is 0.845. The molecule has 0 saturated carbocycles. The number of anilines is 1. The first kappa shape index (κ1) is 17.2. The minimum absolute atomic E-state index is 0.0291. The van der Waals surface area contributed by atoms with Gasteiger partial charge in [-0.05, 0) is 38.0 Å². The van der Waals surface area contributed by atoms with E-state index in [1.807, 2.05) is 30.0 Å². The van der Waals surface area contributed by atoms with Crippen molar-refractivity contribution in [3.05, 3.63) is 53.0 Å². The van der Waals surface area contributed by atoms with E-state index < -0.39 is 5.97 Å². The molecule has 1 amide bonds. The van der Waals surface area contributed by atoms with Crippen molar-refractivity contribution in [3.63, 3.8) is 0 Å². The molecule has 0 aliphatic carbocycles. The number of esters is 1. The van der Waals surface area contributed by atoms with Gasteiger partial charge in [-0.3, -0.25) is 10.1 Å². The molecule has 1 atom stereocenters. The molecular weight excluding hydrogens is 320 g/mol. The van der Waals surface area contributed by atoms with E-state index in [9.17, 15) is 9.59 Å². The van der Waals surface area contributed by atoms with Gasteiger partial charge in [-0.2, -0.15) is 0 Å². The van der Waals surface area contributed by atoms with Crippen LogP contribution in [0.1, 0.15) is 34.4 Å². The van der Waals surface area contributed by atoms with Gasteiger partial charge >= 0.3 is 5.97 Å². The van der Waals surface area contributed by atoms with E-state index in [1.165, 1.54) is 12.7 Å². The third kappa shape index (κ3) is 3.44. The van der Waals surface area contributed by atoms with Gasteiger partial charge in [0, 0.05) is 12.2 Å². The number of para-hydroxylation sites is 1. The fourth-order valence-corrected chi connectivity index (χ4v) is 3.09. The molecule has 0 spiro atoms. The third-order valence-corrected chi connectivity index (χ3v) is 4.48. The second-order valence-electron chi connectivity index (χ2n) is 6.15. The molecule has 1 aliphatic rings. The molecule has 132 valence electrons. The number of methoxy groups -OCH3 is 1. The maximum absolute atomic E-state index is 12.7. The summed E-state index contributed by atoms with van der Waals surface area (Å²) in [6.07, 6.45) is 0.883. The number of hydrogen-bond acceptors (Lipinski definition) is 5. The van der Waals surface area contributed by atoms with E-state index in [1.54, 1.807) is 13.0 Å². The van der Waals surface area contributed by atoms with Crippen molar-refractivity contribution in [1.82, 2.24) is 5.32 Å². The summed E-state index contributed by atoms with van der Waals surface area (Å²) in [5.74, 6) is 0.710. The van der Waals surface area contributed by atoms with Gasteiger partial charge in [0.05, 0.1) is 19.7 Å². The highest BCUT2D eigenvalue weighted by atomic mass is 16.5. The van der Waals surface area contributed by atoms with Crippen molar-refractivity contribution in [2.75, 3.05) is 18.6 Å². The van der Waals surface area contributed by atoms with Crippen molar-refractivity contribution in [3.8, 4) is 0 Å². The van der Waals surface area contributed by atoms with Crippen LogP contribution in [0.3, 0.4) is 0 Å². The van der Waals surface area contributed by atoms with Gasteiger partial charge in [0.25, 0.3) is 0 Å². The fourth-order valence-electron chi connectivity index (χ4n) is 3.09. The molecule has 2 heterocycles. The molecule has 0 bridgehead atoms. The predicted octanol–water partition coefficient (Wildman–Crippen LogP) is 2.44. The van der Waals surface area contributed by atoms with E-state index in [0.717, 1.165) is 12.1 Å². The van der Waals surface area contributed by atoms with Gasteiger partial charge in [-0.25, -0.2) is 4.79 Å². The molecule has 1 aromatic heterocycles. The minimum Gasteiger partial charge on any atom is -0.465 e. The topological polar surface area (TPSA) is 71.8 Å². The second-order valence-corrected chi connectivity index (χ2v) is 6.15. The number of furan rings is 1. The van der Waals surface area contributed by atoms with Crippen LogP contribution in [0.2, 0.25) is 0 Å². The first-order chi connectivity index (χ1) is 12.0. The molecule has 2 aromatic rings. The van der Waals surface area contributed by atoms with Crippen LogP contribution < -0.4 is 10.2 Å². The number of hydrogen-bond donors (Lipinski definition) is 1. The number of nitrogens with zero attached hydrogens (tertiary/aromatic N) is 1. The molecular formula is C19H22N2O4. The molecule has 25 heavy (non-hydrogen) atoms. The maximum Gasteiger partial charge on any atom is 0.341 e. The van der Waals surface area contributed by atoms with E-state index in [4.69, 9.17) is 9.15 Å². The summed E-state index contributed by atoms with van der Waals surface area (Å²) in [7, 11) is 1.33. The number of benzene rings is 1. The average molecular weight is 342 g/mol. The lowest BCUT2D eigenvalue weighted by Gasteiger charge is -2.22. The Labute approximate surface area is 146 Å².